The molecule has 0 heterocycles. The Morgan fingerprint density at radius 3 is 2.09 bits per heavy atom. The lowest BCUT2D eigenvalue weighted by atomic mass is 9.96. The van der Waals surface area contributed by atoms with E-state index in [9.17, 15) is 5.11 Å². The number of aliphatic hydroxyl groups is 1. The number of hydrogen-bond donors (Lipinski definition) is 2. The van der Waals surface area contributed by atoms with E-state index in [0.29, 0.717) is 5.92 Å². The second-order valence-corrected chi connectivity index (χ2v) is 6.05. The standard InChI is InChI=1S/C19H25NO2/c1-14(2)8-13-18(21)19(20)15-9-11-17(12-10-15)22-16-6-4-3-5-7-16/h3-7,9-12,14,18-19,21H,8,13,20H2,1-2H3/t18-,19+/m1/s1. The molecule has 0 aromatic heterocycles. The normalized spacial score (nSPS) is 13.9. The minimum absolute atomic E-state index is 0.357. The Bertz CT molecular complexity index is 551. The van der Waals surface area contributed by atoms with E-state index in [1.54, 1.807) is 0 Å². The van der Waals surface area contributed by atoms with Crippen molar-refractivity contribution in [3.8, 4) is 11.5 Å². The van der Waals surface area contributed by atoms with Crippen molar-refractivity contribution in [2.45, 2.75) is 38.8 Å². The summed E-state index contributed by atoms with van der Waals surface area (Å²) in [4.78, 5) is 0. The van der Waals surface area contributed by atoms with Crippen molar-refractivity contribution in [3.05, 3.63) is 60.2 Å². The van der Waals surface area contributed by atoms with E-state index in [4.69, 9.17) is 10.5 Å². The molecule has 22 heavy (non-hydrogen) atoms. The van der Waals surface area contributed by atoms with Crippen LogP contribution in [-0.4, -0.2) is 11.2 Å². The van der Waals surface area contributed by atoms with E-state index in [-0.39, 0.29) is 6.04 Å². The lowest BCUT2D eigenvalue weighted by Gasteiger charge is -2.20. The van der Waals surface area contributed by atoms with Crippen molar-refractivity contribution in [1.29, 1.82) is 0 Å². The second-order valence-electron chi connectivity index (χ2n) is 6.05. The van der Waals surface area contributed by atoms with Crippen LogP contribution in [0.4, 0.5) is 0 Å². The van der Waals surface area contributed by atoms with E-state index in [0.717, 1.165) is 29.9 Å². The number of para-hydroxylation sites is 1. The summed E-state index contributed by atoms with van der Waals surface area (Å²) >= 11 is 0. The van der Waals surface area contributed by atoms with Crippen LogP contribution in [0.5, 0.6) is 11.5 Å². The third kappa shape index (κ3) is 4.86. The molecule has 0 unspecified atom stereocenters. The largest absolute Gasteiger partial charge is 0.457 e. The van der Waals surface area contributed by atoms with Gasteiger partial charge in [-0.05, 0) is 48.6 Å². The highest BCUT2D eigenvalue weighted by Gasteiger charge is 2.17. The summed E-state index contributed by atoms with van der Waals surface area (Å²) in [6, 6.07) is 16.9. The smallest absolute Gasteiger partial charge is 0.127 e. The Kier molecular flexibility index (Phi) is 5.99. The summed E-state index contributed by atoms with van der Waals surface area (Å²) in [5.41, 5.74) is 7.06. The average Bonchev–Trinajstić information content (AvgIpc) is 2.53. The van der Waals surface area contributed by atoms with Gasteiger partial charge in [0.25, 0.3) is 0 Å². The molecule has 0 saturated carbocycles. The van der Waals surface area contributed by atoms with Crippen molar-refractivity contribution in [2.75, 3.05) is 0 Å². The first kappa shape index (κ1) is 16.5. The van der Waals surface area contributed by atoms with Gasteiger partial charge >= 0.3 is 0 Å². The van der Waals surface area contributed by atoms with Gasteiger partial charge in [0, 0.05) is 0 Å². The molecule has 0 aliphatic carbocycles. The fourth-order valence-corrected chi connectivity index (χ4v) is 2.29. The first-order chi connectivity index (χ1) is 10.6. The summed E-state index contributed by atoms with van der Waals surface area (Å²) in [6.45, 7) is 4.29. The molecule has 3 N–H and O–H groups in total. The Morgan fingerprint density at radius 1 is 0.909 bits per heavy atom. The number of rotatable bonds is 7. The zero-order chi connectivity index (χ0) is 15.9. The van der Waals surface area contributed by atoms with Crippen LogP contribution >= 0.6 is 0 Å². The third-order valence-corrected chi connectivity index (χ3v) is 3.70. The van der Waals surface area contributed by atoms with Crippen molar-refractivity contribution < 1.29 is 9.84 Å². The van der Waals surface area contributed by atoms with Gasteiger partial charge in [0.2, 0.25) is 0 Å². The molecule has 2 atom stereocenters. The first-order valence-electron chi connectivity index (χ1n) is 7.83. The van der Waals surface area contributed by atoms with Crippen LogP contribution in [0, 0.1) is 5.92 Å². The number of benzene rings is 2. The van der Waals surface area contributed by atoms with Gasteiger partial charge in [-0.3, -0.25) is 0 Å². The maximum absolute atomic E-state index is 10.2. The van der Waals surface area contributed by atoms with Crippen LogP contribution in [0.1, 0.15) is 38.3 Å². The van der Waals surface area contributed by atoms with Gasteiger partial charge in [-0.1, -0.05) is 44.2 Å². The number of hydrogen-bond acceptors (Lipinski definition) is 3. The molecule has 0 fully saturated rings. The molecule has 2 aromatic carbocycles. The van der Waals surface area contributed by atoms with Crippen LogP contribution < -0.4 is 10.5 Å². The molecule has 2 aromatic rings. The Hall–Kier alpha value is -1.84. The van der Waals surface area contributed by atoms with E-state index in [2.05, 4.69) is 13.8 Å². The molecule has 0 radical (unpaired) electrons. The average molecular weight is 299 g/mol. The van der Waals surface area contributed by atoms with Crippen LogP contribution in [0.25, 0.3) is 0 Å². The number of aliphatic hydroxyl groups excluding tert-OH is 1. The molecular formula is C19H25NO2. The zero-order valence-corrected chi connectivity index (χ0v) is 13.3. The van der Waals surface area contributed by atoms with Crippen molar-refractivity contribution >= 4 is 0 Å². The van der Waals surface area contributed by atoms with E-state index in [1.807, 2.05) is 54.6 Å². The van der Waals surface area contributed by atoms with E-state index < -0.39 is 6.10 Å². The topological polar surface area (TPSA) is 55.5 Å². The molecule has 0 aliphatic rings. The third-order valence-electron chi connectivity index (χ3n) is 3.70. The quantitative estimate of drug-likeness (QED) is 0.802. The van der Waals surface area contributed by atoms with E-state index in [1.165, 1.54) is 0 Å². The van der Waals surface area contributed by atoms with Crippen LogP contribution in [0.15, 0.2) is 54.6 Å². The maximum atomic E-state index is 10.2. The zero-order valence-electron chi connectivity index (χ0n) is 13.3. The summed E-state index contributed by atoms with van der Waals surface area (Å²) < 4.78 is 5.75. The van der Waals surface area contributed by atoms with Crippen LogP contribution in [-0.2, 0) is 0 Å². The molecular weight excluding hydrogens is 274 g/mol. The summed E-state index contributed by atoms with van der Waals surface area (Å²) in [6.07, 6.45) is 1.19. The summed E-state index contributed by atoms with van der Waals surface area (Å²) in [5.74, 6) is 2.14. The fraction of sp³-hybridized carbons (Fsp3) is 0.368. The van der Waals surface area contributed by atoms with Gasteiger partial charge in [-0.15, -0.1) is 0 Å². The highest BCUT2D eigenvalue weighted by molar-refractivity contribution is 5.34. The highest BCUT2D eigenvalue weighted by Crippen LogP contribution is 2.25. The Balaban J connectivity index is 1.96. The minimum atomic E-state index is -0.511. The van der Waals surface area contributed by atoms with Gasteiger partial charge in [0.1, 0.15) is 11.5 Å². The summed E-state index contributed by atoms with van der Waals surface area (Å²) in [5, 5.41) is 10.2. The molecule has 3 heteroatoms. The van der Waals surface area contributed by atoms with Crippen LogP contribution in [0.3, 0.4) is 0 Å². The monoisotopic (exact) mass is 299 g/mol. The number of ether oxygens (including phenoxy) is 1. The number of nitrogens with two attached hydrogens (primary N) is 1. The highest BCUT2D eigenvalue weighted by atomic mass is 16.5. The second kappa shape index (κ2) is 7.97. The first-order valence-corrected chi connectivity index (χ1v) is 7.83. The SMILES string of the molecule is CC(C)CC[C@@H](O)[C@@H](N)c1ccc(Oc2ccccc2)cc1. The van der Waals surface area contributed by atoms with Gasteiger partial charge in [-0.2, -0.15) is 0 Å². The van der Waals surface area contributed by atoms with Gasteiger partial charge in [0.15, 0.2) is 0 Å². The molecule has 0 aliphatic heterocycles. The molecule has 0 saturated heterocycles. The van der Waals surface area contributed by atoms with Gasteiger partial charge in [0.05, 0.1) is 12.1 Å². The predicted octanol–water partition coefficient (Wildman–Crippen LogP) is 4.28. The van der Waals surface area contributed by atoms with Crippen LogP contribution in [0.2, 0.25) is 0 Å². The van der Waals surface area contributed by atoms with E-state index >= 15 is 0 Å². The molecule has 118 valence electrons. The fourth-order valence-electron chi connectivity index (χ4n) is 2.29. The Morgan fingerprint density at radius 2 is 1.50 bits per heavy atom. The predicted molar refractivity (Wildman–Crippen MR) is 90.0 cm³/mol. The van der Waals surface area contributed by atoms with Gasteiger partial charge in [-0.25, -0.2) is 0 Å². The molecule has 0 bridgehead atoms. The van der Waals surface area contributed by atoms with Gasteiger partial charge < -0.3 is 15.6 Å². The maximum Gasteiger partial charge on any atom is 0.127 e. The molecule has 0 amide bonds. The minimum Gasteiger partial charge on any atom is -0.457 e. The molecule has 3 nitrogen and oxygen atoms in total. The molecule has 2 rings (SSSR count). The van der Waals surface area contributed by atoms with Crippen molar-refractivity contribution in [1.82, 2.24) is 0 Å². The molecule has 0 spiro atoms. The summed E-state index contributed by atoms with van der Waals surface area (Å²) in [7, 11) is 0. The lowest BCUT2D eigenvalue weighted by Crippen LogP contribution is -2.26. The Labute approximate surface area is 132 Å². The van der Waals surface area contributed by atoms with Crippen molar-refractivity contribution in [2.24, 2.45) is 11.7 Å². The lowest BCUT2D eigenvalue weighted by molar-refractivity contribution is 0.128. The van der Waals surface area contributed by atoms with Crippen molar-refractivity contribution in [3.63, 3.8) is 0 Å².